The fourth-order valence-corrected chi connectivity index (χ4v) is 2.01. The molecule has 1 aliphatic heterocycles. The summed E-state index contributed by atoms with van der Waals surface area (Å²) in [6.45, 7) is 3.19. The summed E-state index contributed by atoms with van der Waals surface area (Å²) in [7, 11) is 0. The van der Waals surface area contributed by atoms with E-state index in [1.54, 1.807) is 0 Å². The van der Waals surface area contributed by atoms with Gasteiger partial charge in [0.2, 0.25) is 0 Å². The van der Waals surface area contributed by atoms with Crippen molar-refractivity contribution in [1.82, 2.24) is 10.3 Å². The summed E-state index contributed by atoms with van der Waals surface area (Å²) >= 11 is 0. The summed E-state index contributed by atoms with van der Waals surface area (Å²) in [6.07, 6.45) is 3.34. The van der Waals surface area contributed by atoms with Gasteiger partial charge in [0, 0.05) is 30.9 Å². The van der Waals surface area contributed by atoms with E-state index in [-0.39, 0.29) is 12.0 Å². The van der Waals surface area contributed by atoms with Gasteiger partial charge in [-0.1, -0.05) is 0 Å². The number of hydrogen-bond acceptors (Lipinski definition) is 3. The van der Waals surface area contributed by atoms with Crippen LogP contribution in [0.25, 0.3) is 0 Å². The lowest BCUT2D eigenvalue weighted by molar-refractivity contribution is -0.143. The average molecular weight is 208 g/mol. The zero-order valence-corrected chi connectivity index (χ0v) is 8.88. The molecule has 1 atom stereocenters. The van der Waals surface area contributed by atoms with Gasteiger partial charge in [-0.3, -0.25) is 4.79 Å². The number of H-pyrrole nitrogens is 1. The van der Waals surface area contributed by atoms with E-state index >= 15 is 0 Å². The molecule has 0 saturated heterocycles. The minimum atomic E-state index is -0.135. The molecular formula is C11H16N2O2. The maximum Gasteiger partial charge on any atom is 0.307 e. The fraction of sp³-hybridized carbons (Fsp3) is 0.545. The van der Waals surface area contributed by atoms with Gasteiger partial charge in [0.25, 0.3) is 0 Å². The number of hydrogen-bond donors (Lipinski definition) is 2. The summed E-state index contributed by atoms with van der Waals surface area (Å²) < 4.78 is 4.95. The highest BCUT2D eigenvalue weighted by molar-refractivity contribution is 5.70. The number of aromatic amines is 1. The maximum absolute atomic E-state index is 11.4. The van der Waals surface area contributed by atoms with Crippen LogP contribution in [0.15, 0.2) is 12.3 Å². The molecule has 0 fully saturated rings. The Morgan fingerprint density at radius 2 is 2.53 bits per heavy atom. The SMILES string of the molecule is CCOC(=O)C[C@H]1NCCc2[nH]ccc21. The molecule has 1 aliphatic rings. The van der Waals surface area contributed by atoms with Crippen molar-refractivity contribution in [3.8, 4) is 0 Å². The van der Waals surface area contributed by atoms with E-state index in [9.17, 15) is 4.79 Å². The predicted octanol–water partition coefficient (Wildman–Crippen LogP) is 1.15. The molecule has 0 bridgehead atoms. The minimum absolute atomic E-state index is 0.110. The summed E-state index contributed by atoms with van der Waals surface area (Å²) in [4.78, 5) is 14.6. The van der Waals surface area contributed by atoms with Crippen LogP contribution in [0.2, 0.25) is 0 Å². The molecule has 0 radical (unpaired) electrons. The van der Waals surface area contributed by atoms with Crippen LogP contribution < -0.4 is 5.32 Å². The molecule has 2 rings (SSSR count). The highest BCUT2D eigenvalue weighted by atomic mass is 16.5. The van der Waals surface area contributed by atoms with Gasteiger partial charge >= 0.3 is 5.97 Å². The average Bonchev–Trinajstić information content (AvgIpc) is 2.67. The van der Waals surface area contributed by atoms with Crippen LogP contribution in [0.1, 0.15) is 30.6 Å². The highest BCUT2D eigenvalue weighted by Gasteiger charge is 2.23. The molecule has 0 amide bonds. The Labute approximate surface area is 89.0 Å². The molecule has 2 N–H and O–H groups in total. The molecular weight excluding hydrogens is 192 g/mol. The third-order valence-corrected chi connectivity index (χ3v) is 2.69. The van der Waals surface area contributed by atoms with E-state index in [0.717, 1.165) is 13.0 Å². The Hall–Kier alpha value is -1.29. The molecule has 1 aromatic heterocycles. The molecule has 0 spiro atoms. The number of fused-ring (bicyclic) bond motifs is 1. The van der Waals surface area contributed by atoms with E-state index in [1.807, 2.05) is 19.2 Å². The van der Waals surface area contributed by atoms with Crippen molar-refractivity contribution in [3.05, 3.63) is 23.5 Å². The number of esters is 1. The van der Waals surface area contributed by atoms with Gasteiger partial charge in [-0.15, -0.1) is 0 Å². The summed E-state index contributed by atoms with van der Waals surface area (Å²) in [6, 6.07) is 2.14. The first-order valence-corrected chi connectivity index (χ1v) is 5.36. The smallest absolute Gasteiger partial charge is 0.307 e. The Balaban J connectivity index is 2.03. The van der Waals surface area contributed by atoms with Crippen molar-refractivity contribution in [3.63, 3.8) is 0 Å². The van der Waals surface area contributed by atoms with Crippen LogP contribution >= 0.6 is 0 Å². The second kappa shape index (κ2) is 4.49. The molecule has 2 heterocycles. The first kappa shape index (κ1) is 10.2. The Morgan fingerprint density at radius 1 is 1.67 bits per heavy atom. The molecule has 0 unspecified atom stereocenters. The van der Waals surface area contributed by atoms with Crippen molar-refractivity contribution in [2.75, 3.05) is 13.2 Å². The first-order valence-electron chi connectivity index (χ1n) is 5.36. The normalized spacial score (nSPS) is 19.7. The molecule has 0 saturated carbocycles. The van der Waals surface area contributed by atoms with Gasteiger partial charge in [-0.25, -0.2) is 0 Å². The van der Waals surface area contributed by atoms with E-state index in [1.165, 1.54) is 11.3 Å². The topological polar surface area (TPSA) is 54.1 Å². The van der Waals surface area contributed by atoms with Crippen molar-refractivity contribution < 1.29 is 9.53 Å². The summed E-state index contributed by atoms with van der Waals surface area (Å²) in [5.74, 6) is -0.135. The number of aromatic nitrogens is 1. The van der Waals surface area contributed by atoms with Crippen LogP contribution in [-0.2, 0) is 16.0 Å². The van der Waals surface area contributed by atoms with Gasteiger partial charge in [-0.2, -0.15) is 0 Å². The lowest BCUT2D eigenvalue weighted by atomic mass is 9.99. The van der Waals surface area contributed by atoms with Gasteiger partial charge in [0.15, 0.2) is 0 Å². The van der Waals surface area contributed by atoms with Crippen LogP contribution in [0.4, 0.5) is 0 Å². The Bertz CT molecular complexity index is 346. The van der Waals surface area contributed by atoms with E-state index in [0.29, 0.717) is 13.0 Å². The molecule has 4 nitrogen and oxygen atoms in total. The third kappa shape index (κ3) is 2.21. The monoisotopic (exact) mass is 208 g/mol. The lowest BCUT2D eigenvalue weighted by Gasteiger charge is -2.23. The molecule has 0 aliphatic carbocycles. The van der Waals surface area contributed by atoms with E-state index in [4.69, 9.17) is 4.74 Å². The van der Waals surface area contributed by atoms with Gasteiger partial charge in [-0.05, 0) is 18.6 Å². The molecule has 15 heavy (non-hydrogen) atoms. The van der Waals surface area contributed by atoms with Gasteiger partial charge in [0.05, 0.1) is 13.0 Å². The Morgan fingerprint density at radius 3 is 3.33 bits per heavy atom. The van der Waals surface area contributed by atoms with Crippen molar-refractivity contribution >= 4 is 5.97 Å². The highest BCUT2D eigenvalue weighted by Crippen LogP contribution is 2.24. The van der Waals surface area contributed by atoms with Crippen LogP contribution in [0.5, 0.6) is 0 Å². The van der Waals surface area contributed by atoms with Gasteiger partial charge in [0.1, 0.15) is 0 Å². The third-order valence-electron chi connectivity index (χ3n) is 2.69. The van der Waals surface area contributed by atoms with E-state index < -0.39 is 0 Å². The predicted molar refractivity (Wildman–Crippen MR) is 56.5 cm³/mol. The fourth-order valence-electron chi connectivity index (χ4n) is 2.01. The first-order chi connectivity index (χ1) is 7.31. The zero-order valence-electron chi connectivity index (χ0n) is 8.88. The number of carbonyl (C=O) groups excluding carboxylic acids is 1. The summed E-state index contributed by atoms with van der Waals surface area (Å²) in [5, 5.41) is 3.33. The number of rotatable bonds is 3. The van der Waals surface area contributed by atoms with Crippen LogP contribution in [0, 0.1) is 0 Å². The lowest BCUT2D eigenvalue weighted by Crippen LogP contribution is -2.31. The van der Waals surface area contributed by atoms with Crippen molar-refractivity contribution in [2.45, 2.75) is 25.8 Å². The van der Waals surface area contributed by atoms with E-state index in [2.05, 4.69) is 10.3 Å². The maximum atomic E-state index is 11.4. The quantitative estimate of drug-likeness (QED) is 0.733. The molecule has 1 aromatic rings. The zero-order chi connectivity index (χ0) is 10.7. The standard InChI is InChI=1S/C11H16N2O2/c1-2-15-11(14)7-10-8-3-5-12-9(8)4-6-13-10/h3,5,10,12-13H,2,4,6-7H2,1H3/t10-/m1/s1. The Kier molecular flexibility index (Phi) is 3.06. The molecule has 0 aromatic carbocycles. The van der Waals surface area contributed by atoms with Crippen molar-refractivity contribution in [1.29, 1.82) is 0 Å². The van der Waals surface area contributed by atoms with Crippen LogP contribution in [-0.4, -0.2) is 24.1 Å². The molecule has 4 heteroatoms. The van der Waals surface area contributed by atoms with Gasteiger partial charge < -0.3 is 15.0 Å². The molecule has 82 valence electrons. The largest absolute Gasteiger partial charge is 0.466 e. The number of carbonyl (C=O) groups is 1. The summed E-state index contributed by atoms with van der Waals surface area (Å²) in [5.41, 5.74) is 2.44. The second-order valence-corrected chi connectivity index (χ2v) is 3.68. The van der Waals surface area contributed by atoms with Crippen molar-refractivity contribution in [2.24, 2.45) is 0 Å². The second-order valence-electron chi connectivity index (χ2n) is 3.68. The minimum Gasteiger partial charge on any atom is -0.466 e. The number of nitrogens with one attached hydrogen (secondary N) is 2. The van der Waals surface area contributed by atoms with Crippen LogP contribution in [0.3, 0.4) is 0 Å². The number of ether oxygens (including phenoxy) is 1.